The first kappa shape index (κ1) is 8.00. The van der Waals surface area contributed by atoms with E-state index in [1.165, 1.54) is 22.4 Å². The fraction of sp³-hybridized carbons (Fsp3) is 0.364. The normalized spacial score (nSPS) is 18.3. The van der Waals surface area contributed by atoms with Crippen LogP contribution < -0.4 is 10.6 Å². The highest BCUT2D eigenvalue weighted by atomic mass is 15.0. The maximum atomic E-state index is 4.21. The Kier molecular flexibility index (Phi) is 1.77. The maximum absolute atomic E-state index is 4.21. The van der Waals surface area contributed by atoms with Crippen molar-refractivity contribution in [3.63, 3.8) is 0 Å². The van der Waals surface area contributed by atoms with Gasteiger partial charge in [0.25, 0.3) is 0 Å². The number of rotatable bonds is 0. The Hall–Kier alpha value is -1.35. The summed E-state index contributed by atoms with van der Waals surface area (Å²) in [6.45, 7) is 2.90. The molecule has 2 N–H and O–H groups in total. The van der Waals surface area contributed by atoms with E-state index in [9.17, 15) is 0 Å². The number of nitrogens with one attached hydrogen (secondary N) is 2. The molecule has 1 aromatic rings. The van der Waals surface area contributed by atoms with Crippen LogP contribution in [-0.4, -0.2) is 12.9 Å². The van der Waals surface area contributed by atoms with Gasteiger partial charge in [0.1, 0.15) is 0 Å². The number of hydrogen-bond acceptors (Lipinski definition) is 3. The number of hydrogen-bond donors (Lipinski definition) is 2. The molecular weight excluding hydrogens is 174 g/mol. The molecular formula is C11H13N3. The smallest absolute Gasteiger partial charge is 0.0872 e. The minimum Gasteiger partial charge on any atom is -0.346 e. The van der Waals surface area contributed by atoms with Gasteiger partial charge in [-0.3, -0.25) is 4.99 Å². The predicted octanol–water partition coefficient (Wildman–Crippen LogP) is 1.29. The van der Waals surface area contributed by atoms with Gasteiger partial charge in [-0.15, -0.1) is 0 Å². The van der Waals surface area contributed by atoms with Crippen LogP contribution >= 0.6 is 0 Å². The van der Waals surface area contributed by atoms with Gasteiger partial charge in [0.2, 0.25) is 0 Å². The predicted molar refractivity (Wildman–Crippen MR) is 57.7 cm³/mol. The third kappa shape index (κ3) is 1.13. The van der Waals surface area contributed by atoms with Crippen LogP contribution in [0.1, 0.15) is 16.7 Å². The molecule has 2 heterocycles. The lowest BCUT2D eigenvalue weighted by Crippen LogP contribution is -2.25. The van der Waals surface area contributed by atoms with Crippen molar-refractivity contribution in [2.45, 2.75) is 19.5 Å². The van der Waals surface area contributed by atoms with Gasteiger partial charge >= 0.3 is 0 Å². The lowest BCUT2D eigenvalue weighted by atomic mass is 9.95. The van der Waals surface area contributed by atoms with Crippen LogP contribution in [0.15, 0.2) is 17.1 Å². The first-order chi connectivity index (χ1) is 6.95. The summed E-state index contributed by atoms with van der Waals surface area (Å²) in [5.41, 5.74) is 5.50. The fourth-order valence-corrected chi connectivity index (χ4v) is 2.18. The molecule has 3 heteroatoms. The molecule has 2 aliphatic heterocycles. The van der Waals surface area contributed by atoms with Crippen molar-refractivity contribution < 1.29 is 0 Å². The summed E-state index contributed by atoms with van der Waals surface area (Å²) < 4.78 is 0. The van der Waals surface area contributed by atoms with Crippen molar-refractivity contribution in [3.05, 3.63) is 28.8 Å². The van der Waals surface area contributed by atoms with Gasteiger partial charge in [-0.25, -0.2) is 0 Å². The van der Waals surface area contributed by atoms with E-state index in [1.54, 1.807) is 6.34 Å². The highest BCUT2D eigenvalue weighted by Crippen LogP contribution is 2.28. The van der Waals surface area contributed by atoms with Gasteiger partial charge in [-0.2, -0.15) is 0 Å². The molecule has 0 saturated carbocycles. The highest BCUT2D eigenvalue weighted by molar-refractivity contribution is 5.82. The standard InChI is InChI=1S/C11H13N3/c1-2-9-5-13-7-14-11(9)10-6-12-4-3-8(1)10/h1-2,7,12H,3-6H2,(H,13,14). The minimum absolute atomic E-state index is 0.815. The quantitative estimate of drug-likeness (QED) is 0.642. The van der Waals surface area contributed by atoms with E-state index in [-0.39, 0.29) is 0 Å². The molecule has 0 radical (unpaired) electrons. The van der Waals surface area contributed by atoms with Gasteiger partial charge in [-0.05, 0) is 29.7 Å². The minimum atomic E-state index is 0.815. The summed E-state index contributed by atoms with van der Waals surface area (Å²) in [6.07, 6.45) is 2.94. The van der Waals surface area contributed by atoms with Crippen LogP contribution in [0.2, 0.25) is 0 Å². The molecule has 0 bridgehead atoms. The van der Waals surface area contributed by atoms with E-state index < -0.39 is 0 Å². The van der Waals surface area contributed by atoms with Crippen molar-refractivity contribution in [2.75, 3.05) is 11.9 Å². The number of anilines is 1. The number of benzene rings is 1. The lowest BCUT2D eigenvalue weighted by Gasteiger charge is -2.23. The topological polar surface area (TPSA) is 36.4 Å². The molecule has 0 aromatic heterocycles. The first-order valence-electron chi connectivity index (χ1n) is 5.04. The lowest BCUT2D eigenvalue weighted by molar-refractivity contribution is 0.644. The SMILES string of the molecule is C1=NCc2ccc3c(c2N1)CNCC3. The Morgan fingerprint density at radius 2 is 2.14 bits per heavy atom. The van der Waals surface area contributed by atoms with Gasteiger partial charge in [0.05, 0.1) is 12.9 Å². The summed E-state index contributed by atoms with van der Waals surface area (Å²) in [6, 6.07) is 4.44. The number of nitrogens with zero attached hydrogens (tertiary/aromatic N) is 1. The molecule has 14 heavy (non-hydrogen) atoms. The first-order valence-corrected chi connectivity index (χ1v) is 5.04. The molecule has 0 spiro atoms. The van der Waals surface area contributed by atoms with Crippen molar-refractivity contribution in [1.29, 1.82) is 0 Å². The van der Waals surface area contributed by atoms with E-state index in [0.717, 1.165) is 26.1 Å². The fourth-order valence-electron chi connectivity index (χ4n) is 2.18. The highest BCUT2D eigenvalue weighted by Gasteiger charge is 2.16. The molecule has 0 fully saturated rings. The van der Waals surface area contributed by atoms with E-state index >= 15 is 0 Å². The van der Waals surface area contributed by atoms with Crippen molar-refractivity contribution >= 4 is 12.0 Å². The second-order valence-corrected chi connectivity index (χ2v) is 3.78. The maximum Gasteiger partial charge on any atom is 0.0872 e. The molecule has 0 atom stereocenters. The van der Waals surface area contributed by atoms with E-state index in [0.29, 0.717) is 0 Å². The Bertz CT molecular complexity index is 396. The average Bonchev–Trinajstić information content (AvgIpc) is 2.29. The van der Waals surface area contributed by atoms with Gasteiger partial charge in [0.15, 0.2) is 0 Å². The van der Waals surface area contributed by atoms with Crippen LogP contribution in [0, 0.1) is 0 Å². The third-order valence-electron chi connectivity index (χ3n) is 2.93. The Labute approximate surface area is 83.2 Å². The summed E-state index contributed by atoms with van der Waals surface area (Å²) in [4.78, 5) is 4.21. The summed E-state index contributed by atoms with van der Waals surface area (Å²) >= 11 is 0. The molecule has 0 amide bonds. The average molecular weight is 187 g/mol. The molecule has 72 valence electrons. The van der Waals surface area contributed by atoms with Gasteiger partial charge in [0, 0.05) is 12.2 Å². The van der Waals surface area contributed by atoms with E-state index in [2.05, 4.69) is 27.8 Å². The van der Waals surface area contributed by atoms with Crippen LogP contribution in [0.3, 0.4) is 0 Å². The zero-order valence-corrected chi connectivity index (χ0v) is 8.01. The number of aliphatic imine (C=N–C) groups is 1. The van der Waals surface area contributed by atoms with Crippen molar-refractivity contribution in [1.82, 2.24) is 5.32 Å². The molecule has 0 saturated heterocycles. The van der Waals surface area contributed by atoms with Gasteiger partial charge in [-0.1, -0.05) is 12.1 Å². The zero-order chi connectivity index (χ0) is 9.38. The molecule has 3 rings (SSSR count). The molecule has 3 nitrogen and oxygen atoms in total. The largest absolute Gasteiger partial charge is 0.346 e. The number of fused-ring (bicyclic) bond motifs is 3. The zero-order valence-electron chi connectivity index (χ0n) is 8.01. The van der Waals surface area contributed by atoms with Gasteiger partial charge < -0.3 is 10.6 Å². The Morgan fingerprint density at radius 3 is 3.14 bits per heavy atom. The van der Waals surface area contributed by atoms with Crippen LogP contribution in [0.25, 0.3) is 0 Å². The van der Waals surface area contributed by atoms with Crippen molar-refractivity contribution in [3.8, 4) is 0 Å². The molecule has 0 aliphatic carbocycles. The Balaban J connectivity index is 2.14. The van der Waals surface area contributed by atoms with Crippen LogP contribution in [-0.2, 0) is 19.5 Å². The molecule has 0 unspecified atom stereocenters. The van der Waals surface area contributed by atoms with Crippen LogP contribution in [0.5, 0.6) is 0 Å². The summed E-state index contributed by atoms with van der Waals surface area (Å²) in [5.74, 6) is 0. The Morgan fingerprint density at radius 1 is 1.21 bits per heavy atom. The third-order valence-corrected chi connectivity index (χ3v) is 2.93. The second-order valence-electron chi connectivity index (χ2n) is 3.78. The second kappa shape index (κ2) is 3.10. The summed E-state index contributed by atoms with van der Waals surface area (Å²) in [7, 11) is 0. The molecule has 2 aliphatic rings. The van der Waals surface area contributed by atoms with Crippen LogP contribution in [0.4, 0.5) is 5.69 Å². The van der Waals surface area contributed by atoms with E-state index in [4.69, 9.17) is 0 Å². The van der Waals surface area contributed by atoms with Crippen molar-refractivity contribution in [2.24, 2.45) is 4.99 Å². The molecule has 1 aromatic carbocycles. The monoisotopic (exact) mass is 187 g/mol. The summed E-state index contributed by atoms with van der Waals surface area (Å²) in [5, 5.41) is 6.67. The van der Waals surface area contributed by atoms with E-state index in [1.807, 2.05) is 0 Å².